The molecule has 0 spiro atoms. The maximum Gasteiger partial charge on any atom is 0.241 e. The number of benzene rings is 1. The summed E-state index contributed by atoms with van der Waals surface area (Å²) in [7, 11) is 3.85. The molecule has 6 heteroatoms. The van der Waals surface area contributed by atoms with Crippen LogP contribution in [0.3, 0.4) is 0 Å². The Balaban J connectivity index is 2.29. The highest BCUT2D eigenvalue weighted by molar-refractivity contribution is 5.84. The lowest BCUT2D eigenvalue weighted by molar-refractivity contribution is -0.130. The van der Waals surface area contributed by atoms with Gasteiger partial charge in [0.2, 0.25) is 5.91 Å². The third kappa shape index (κ3) is 3.22. The topological polar surface area (TPSA) is 35.6 Å². The van der Waals surface area contributed by atoms with Crippen LogP contribution >= 0.6 is 0 Å². The van der Waals surface area contributed by atoms with Crippen LogP contribution in [0.4, 0.5) is 8.78 Å². The summed E-state index contributed by atoms with van der Waals surface area (Å²) in [4.78, 5) is 15.9. The van der Waals surface area contributed by atoms with E-state index in [2.05, 4.69) is 5.32 Å². The van der Waals surface area contributed by atoms with Crippen molar-refractivity contribution in [3.63, 3.8) is 0 Å². The van der Waals surface area contributed by atoms with Gasteiger partial charge in [-0.05, 0) is 40.1 Å². The van der Waals surface area contributed by atoms with Crippen molar-refractivity contribution in [3.05, 3.63) is 35.4 Å². The zero-order chi connectivity index (χ0) is 15.7. The van der Waals surface area contributed by atoms with E-state index in [1.54, 1.807) is 11.8 Å². The third-order valence-electron chi connectivity index (χ3n) is 3.97. The standard InChI is InChI=1S/C15H21F2N3O/c1-9(19(3)4)8-20-14(18-10(2)15(20)21)12-6-5-11(16)7-13(12)17/h5-7,9-10,14,18H,8H2,1-4H3. The second kappa shape index (κ2) is 6.07. The highest BCUT2D eigenvalue weighted by Crippen LogP contribution is 2.28. The number of likely N-dealkylation sites (N-methyl/N-ethyl adjacent to an activating group) is 1. The van der Waals surface area contributed by atoms with E-state index in [1.165, 1.54) is 12.1 Å². The minimum absolute atomic E-state index is 0.0718. The Morgan fingerprint density at radius 1 is 1.38 bits per heavy atom. The molecule has 1 aliphatic heterocycles. The molecule has 0 saturated carbocycles. The van der Waals surface area contributed by atoms with Crippen molar-refractivity contribution in [2.24, 2.45) is 0 Å². The quantitative estimate of drug-likeness (QED) is 0.919. The fraction of sp³-hybridized carbons (Fsp3) is 0.533. The van der Waals surface area contributed by atoms with Gasteiger partial charge in [0.05, 0.1) is 6.04 Å². The lowest BCUT2D eigenvalue weighted by Gasteiger charge is -2.30. The molecule has 1 saturated heterocycles. The van der Waals surface area contributed by atoms with Crippen molar-refractivity contribution in [1.29, 1.82) is 0 Å². The molecular weight excluding hydrogens is 276 g/mol. The molecule has 3 atom stereocenters. The maximum absolute atomic E-state index is 14.0. The number of carbonyl (C=O) groups is 1. The van der Waals surface area contributed by atoms with Crippen LogP contribution < -0.4 is 5.32 Å². The Morgan fingerprint density at radius 3 is 2.62 bits per heavy atom. The van der Waals surface area contributed by atoms with Crippen LogP contribution in [0.15, 0.2) is 18.2 Å². The van der Waals surface area contributed by atoms with Gasteiger partial charge in [0.25, 0.3) is 0 Å². The Morgan fingerprint density at radius 2 is 2.05 bits per heavy atom. The number of hydrogen-bond donors (Lipinski definition) is 1. The van der Waals surface area contributed by atoms with Gasteiger partial charge < -0.3 is 9.80 Å². The van der Waals surface area contributed by atoms with Crippen molar-refractivity contribution in [3.8, 4) is 0 Å². The largest absolute Gasteiger partial charge is 0.320 e. The molecule has 1 amide bonds. The van der Waals surface area contributed by atoms with Gasteiger partial charge in [-0.1, -0.05) is 0 Å². The van der Waals surface area contributed by atoms with Gasteiger partial charge in [0.1, 0.15) is 17.8 Å². The summed E-state index contributed by atoms with van der Waals surface area (Å²) in [5.41, 5.74) is 0.292. The highest BCUT2D eigenvalue weighted by Gasteiger charge is 2.39. The van der Waals surface area contributed by atoms with E-state index in [0.717, 1.165) is 6.07 Å². The molecule has 1 aromatic carbocycles. The van der Waals surface area contributed by atoms with Crippen LogP contribution in [0.5, 0.6) is 0 Å². The molecule has 1 fully saturated rings. The van der Waals surface area contributed by atoms with E-state index in [9.17, 15) is 13.6 Å². The number of halogens is 2. The number of hydrogen-bond acceptors (Lipinski definition) is 3. The summed E-state index contributed by atoms with van der Waals surface area (Å²) < 4.78 is 27.1. The summed E-state index contributed by atoms with van der Waals surface area (Å²) in [5, 5.41) is 3.07. The molecule has 21 heavy (non-hydrogen) atoms. The van der Waals surface area contributed by atoms with Crippen LogP contribution in [0.25, 0.3) is 0 Å². The summed E-state index contributed by atoms with van der Waals surface area (Å²) in [6, 6.07) is 3.20. The molecule has 2 rings (SSSR count). The van der Waals surface area contributed by atoms with Crippen molar-refractivity contribution in [2.45, 2.75) is 32.1 Å². The van der Waals surface area contributed by atoms with Gasteiger partial charge in [-0.3, -0.25) is 10.1 Å². The SMILES string of the molecule is CC1NC(c2ccc(F)cc2F)N(CC(C)N(C)C)C1=O. The van der Waals surface area contributed by atoms with Gasteiger partial charge in [0, 0.05) is 24.2 Å². The third-order valence-corrected chi connectivity index (χ3v) is 3.97. The fourth-order valence-electron chi connectivity index (χ4n) is 2.40. The molecular formula is C15H21F2N3O. The van der Waals surface area contributed by atoms with Crippen LogP contribution in [0.1, 0.15) is 25.6 Å². The molecule has 116 valence electrons. The lowest BCUT2D eigenvalue weighted by atomic mass is 10.1. The van der Waals surface area contributed by atoms with Crippen LogP contribution in [-0.4, -0.2) is 48.4 Å². The second-order valence-corrected chi connectivity index (χ2v) is 5.76. The summed E-state index contributed by atoms with van der Waals surface area (Å²) in [6.45, 7) is 4.22. The normalized spacial score (nSPS) is 24.0. The van der Waals surface area contributed by atoms with E-state index in [1.807, 2.05) is 25.9 Å². The minimum atomic E-state index is -0.642. The summed E-state index contributed by atoms with van der Waals surface area (Å²) in [6.07, 6.45) is -0.560. The first-order valence-corrected chi connectivity index (χ1v) is 6.99. The zero-order valence-electron chi connectivity index (χ0n) is 12.7. The number of rotatable bonds is 4. The van der Waals surface area contributed by atoms with Gasteiger partial charge in [0.15, 0.2) is 0 Å². The first kappa shape index (κ1) is 15.9. The predicted molar refractivity (Wildman–Crippen MR) is 76.6 cm³/mol. The molecule has 3 unspecified atom stereocenters. The minimum Gasteiger partial charge on any atom is -0.320 e. The van der Waals surface area contributed by atoms with Gasteiger partial charge in [-0.15, -0.1) is 0 Å². The van der Waals surface area contributed by atoms with E-state index in [0.29, 0.717) is 12.1 Å². The summed E-state index contributed by atoms with van der Waals surface area (Å²) in [5.74, 6) is -1.34. The average Bonchev–Trinajstić information content (AvgIpc) is 2.67. The van der Waals surface area contributed by atoms with Crippen molar-refractivity contribution >= 4 is 5.91 Å². The molecule has 0 bridgehead atoms. The van der Waals surface area contributed by atoms with Gasteiger partial charge >= 0.3 is 0 Å². The van der Waals surface area contributed by atoms with Crippen LogP contribution in [-0.2, 0) is 4.79 Å². The van der Waals surface area contributed by atoms with Crippen molar-refractivity contribution in [2.75, 3.05) is 20.6 Å². The molecule has 4 nitrogen and oxygen atoms in total. The molecule has 1 heterocycles. The smallest absolute Gasteiger partial charge is 0.241 e. The zero-order valence-corrected chi connectivity index (χ0v) is 12.7. The van der Waals surface area contributed by atoms with Gasteiger partial charge in [-0.2, -0.15) is 0 Å². The Hall–Kier alpha value is -1.53. The molecule has 1 aromatic rings. The van der Waals surface area contributed by atoms with E-state index >= 15 is 0 Å². The number of nitrogens with one attached hydrogen (secondary N) is 1. The molecule has 0 radical (unpaired) electrons. The Labute approximate surface area is 123 Å². The van der Waals surface area contributed by atoms with Crippen molar-refractivity contribution in [1.82, 2.24) is 15.1 Å². The second-order valence-electron chi connectivity index (χ2n) is 5.76. The van der Waals surface area contributed by atoms with Crippen LogP contribution in [0.2, 0.25) is 0 Å². The Bertz CT molecular complexity index is 536. The predicted octanol–water partition coefficient (Wildman–Crippen LogP) is 1.73. The lowest BCUT2D eigenvalue weighted by Crippen LogP contribution is -2.41. The molecule has 1 aliphatic rings. The molecule has 0 aliphatic carbocycles. The number of carbonyl (C=O) groups excluding carboxylic acids is 1. The monoisotopic (exact) mass is 297 g/mol. The number of nitrogens with zero attached hydrogens (tertiary/aromatic N) is 2. The molecule has 0 aromatic heterocycles. The van der Waals surface area contributed by atoms with E-state index in [-0.39, 0.29) is 18.0 Å². The summed E-state index contributed by atoms with van der Waals surface area (Å²) >= 11 is 0. The van der Waals surface area contributed by atoms with E-state index < -0.39 is 17.8 Å². The number of amides is 1. The first-order chi connectivity index (χ1) is 9.81. The maximum atomic E-state index is 14.0. The molecule has 1 N–H and O–H groups in total. The highest BCUT2D eigenvalue weighted by atomic mass is 19.1. The first-order valence-electron chi connectivity index (χ1n) is 6.99. The van der Waals surface area contributed by atoms with Gasteiger partial charge in [-0.25, -0.2) is 8.78 Å². The van der Waals surface area contributed by atoms with Crippen molar-refractivity contribution < 1.29 is 13.6 Å². The van der Waals surface area contributed by atoms with E-state index in [4.69, 9.17) is 0 Å². The fourth-order valence-corrected chi connectivity index (χ4v) is 2.40. The van der Waals surface area contributed by atoms with Crippen LogP contribution in [0, 0.1) is 11.6 Å². The Kier molecular flexibility index (Phi) is 4.58. The average molecular weight is 297 g/mol.